The first-order valence-electron chi connectivity index (χ1n) is 8.12. The minimum absolute atomic E-state index is 0.210. The fraction of sp³-hybridized carbons (Fsp3) is 0.438. The van der Waals surface area contributed by atoms with Gasteiger partial charge in [-0.3, -0.25) is 10.2 Å². The molecule has 1 fully saturated rings. The number of alkyl halides is 3. The maximum absolute atomic E-state index is 12.6. The number of hydrogen-bond donors (Lipinski definition) is 1. The highest BCUT2D eigenvalue weighted by Crippen LogP contribution is 2.29. The van der Waals surface area contributed by atoms with Gasteiger partial charge in [-0.15, -0.1) is 10.2 Å². The van der Waals surface area contributed by atoms with Crippen LogP contribution in [-0.2, 0) is 12.7 Å². The number of carbonyl (C=O) groups is 1. The van der Waals surface area contributed by atoms with Crippen LogP contribution in [0.2, 0.25) is 0 Å². The molecule has 1 aliphatic rings. The van der Waals surface area contributed by atoms with Crippen molar-refractivity contribution in [3.63, 3.8) is 0 Å². The minimum atomic E-state index is -4.32. The van der Waals surface area contributed by atoms with Crippen molar-refractivity contribution < 1.29 is 18.0 Å². The largest absolute Gasteiger partial charge is 0.416 e. The van der Waals surface area contributed by atoms with Crippen molar-refractivity contribution in [2.45, 2.75) is 19.1 Å². The SMILES string of the molecule is O=C(Nc1nncs1)N1CCCN(Cc2ccc(C(F)(F)F)cc2)CC1. The van der Waals surface area contributed by atoms with Crippen molar-refractivity contribution in [3.05, 3.63) is 40.9 Å². The molecule has 1 saturated heterocycles. The second-order valence-corrected chi connectivity index (χ2v) is 6.82. The molecule has 1 aliphatic heterocycles. The van der Waals surface area contributed by atoms with E-state index in [0.29, 0.717) is 31.3 Å². The predicted octanol–water partition coefficient (Wildman–Crippen LogP) is 3.30. The Morgan fingerprint density at radius 1 is 1.15 bits per heavy atom. The second kappa shape index (κ2) is 8.00. The number of urea groups is 1. The third kappa shape index (κ3) is 4.92. The highest BCUT2D eigenvalue weighted by Gasteiger charge is 2.30. The summed E-state index contributed by atoms with van der Waals surface area (Å²) in [6, 6.07) is 5.02. The average Bonchev–Trinajstić information content (AvgIpc) is 2.99. The van der Waals surface area contributed by atoms with Gasteiger partial charge in [-0.1, -0.05) is 23.5 Å². The van der Waals surface area contributed by atoms with Gasteiger partial charge in [-0.2, -0.15) is 13.2 Å². The summed E-state index contributed by atoms with van der Waals surface area (Å²) in [6.07, 6.45) is -3.52. The summed E-state index contributed by atoms with van der Waals surface area (Å²) < 4.78 is 37.9. The number of carbonyl (C=O) groups excluding carboxylic acids is 1. The van der Waals surface area contributed by atoms with Crippen LogP contribution < -0.4 is 5.32 Å². The first-order chi connectivity index (χ1) is 12.4. The number of amides is 2. The second-order valence-electron chi connectivity index (χ2n) is 5.99. The Morgan fingerprint density at radius 3 is 2.58 bits per heavy atom. The summed E-state index contributed by atoms with van der Waals surface area (Å²) in [4.78, 5) is 16.1. The Labute approximate surface area is 152 Å². The van der Waals surface area contributed by atoms with E-state index in [-0.39, 0.29) is 6.03 Å². The van der Waals surface area contributed by atoms with Crippen molar-refractivity contribution in [3.8, 4) is 0 Å². The molecular formula is C16H18F3N5OS. The maximum Gasteiger partial charge on any atom is 0.416 e. The lowest BCUT2D eigenvalue weighted by Crippen LogP contribution is -2.38. The summed E-state index contributed by atoms with van der Waals surface area (Å²) >= 11 is 1.25. The van der Waals surface area contributed by atoms with Crippen LogP contribution in [-0.4, -0.2) is 52.2 Å². The summed E-state index contributed by atoms with van der Waals surface area (Å²) in [5.41, 5.74) is 1.73. The molecule has 26 heavy (non-hydrogen) atoms. The Hall–Kier alpha value is -2.20. The fourth-order valence-electron chi connectivity index (χ4n) is 2.79. The maximum atomic E-state index is 12.6. The third-order valence-electron chi connectivity index (χ3n) is 4.14. The van der Waals surface area contributed by atoms with Crippen LogP contribution in [0.4, 0.5) is 23.1 Å². The third-order valence-corrected chi connectivity index (χ3v) is 4.74. The van der Waals surface area contributed by atoms with E-state index >= 15 is 0 Å². The molecule has 2 aromatic rings. The highest BCUT2D eigenvalue weighted by molar-refractivity contribution is 7.13. The zero-order chi connectivity index (χ0) is 18.6. The number of benzene rings is 1. The molecule has 0 aliphatic carbocycles. The van der Waals surface area contributed by atoms with Crippen LogP contribution in [0.5, 0.6) is 0 Å². The monoisotopic (exact) mass is 385 g/mol. The number of rotatable bonds is 3. The topological polar surface area (TPSA) is 61.4 Å². The molecule has 1 N–H and O–H groups in total. The van der Waals surface area contributed by atoms with Gasteiger partial charge in [0.25, 0.3) is 0 Å². The van der Waals surface area contributed by atoms with Crippen molar-refractivity contribution in [1.82, 2.24) is 20.0 Å². The molecular weight excluding hydrogens is 367 g/mol. The number of aromatic nitrogens is 2. The van der Waals surface area contributed by atoms with Crippen LogP contribution in [0.25, 0.3) is 0 Å². The Balaban J connectivity index is 1.53. The normalized spacial score (nSPS) is 16.3. The van der Waals surface area contributed by atoms with Gasteiger partial charge in [0, 0.05) is 32.7 Å². The molecule has 2 heterocycles. The van der Waals surface area contributed by atoms with Crippen molar-refractivity contribution >= 4 is 22.5 Å². The molecule has 1 aromatic heterocycles. The van der Waals surface area contributed by atoms with E-state index in [1.54, 1.807) is 10.4 Å². The zero-order valence-corrected chi connectivity index (χ0v) is 14.7. The molecule has 140 valence electrons. The molecule has 0 spiro atoms. The number of anilines is 1. The molecule has 0 radical (unpaired) electrons. The Kier molecular flexibility index (Phi) is 5.72. The zero-order valence-electron chi connectivity index (χ0n) is 13.9. The van der Waals surface area contributed by atoms with Crippen LogP contribution in [0.3, 0.4) is 0 Å². The van der Waals surface area contributed by atoms with Crippen LogP contribution in [0.1, 0.15) is 17.5 Å². The molecule has 10 heteroatoms. The lowest BCUT2D eigenvalue weighted by molar-refractivity contribution is -0.137. The van der Waals surface area contributed by atoms with Gasteiger partial charge in [0.05, 0.1) is 5.56 Å². The van der Waals surface area contributed by atoms with Crippen LogP contribution in [0, 0.1) is 0 Å². The van der Waals surface area contributed by atoms with Crippen molar-refractivity contribution in [1.29, 1.82) is 0 Å². The first kappa shape index (κ1) is 18.6. The summed E-state index contributed by atoms with van der Waals surface area (Å²) in [7, 11) is 0. The van der Waals surface area contributed by atoms with Gasteiger partial charge < -0.3 is 4.90 Å². The number of nitrogens with one attached hydrogen (secondary N) is 1. The molecule has 2 amide bonds. The van der Waals surface area contributed by atoms with Gasteiger partial charge in [-0.25, -0.2) is 4.79 Å². The molecule has 6 nitrogen and oxygen atoms in total. The van der Waals surface area contributed by atoms with E-state index in [2.05, 4.69) is 20.4 Å². The first-order valence-corrected chi connectivity index (χ1v) is 9.00. The van der Waals surface area contributed by atoms with Crippen LogP contribution in [0.15, 0.2) is 29.8 Å². The summed E-state index contributed by atoms with van der Waals surface area (Å²) in [5, 5.41) is 10.6. The Morgan fingerprint density at radius 2 is 1.92 bits per heavy atom. The molecule has 1 aromatic carbocycles. The molecule has 3 rings (SSSR count). The van der Waals surface area contributed by atoms with E-state index in [0.717, 1.165) is 30.7 Å². The molecule has 0 atom stereocenters. The van der Waals surface area contributed by atoms with Gasteiger partial charge in [0.15, 0.2) is 0 Å². The quantitative estimate of drug-likeness (QED) is 0.881. The number of hydrogen-bond acceptors (Lipinski definition) is 5. The van der Waals surface area contributed by atoms with E-state index in [9.17, 15) is 18.0 Å². The van der Waals surface area contributed by atoms with Gasteiger partial charge in [-0.05, 0) is 24.1 Å². The van der Waals surface area contributed by atoms with Gasteiger partial charge >= 0.3 is 12.2 Å². The molecule has 0 bridgehead atoms. The summed E-state index contributed by atoms with van der Waals surface area (Å²) in [6.45, 7) is 3.16. The smallest absolute Gasteiger partial charge is 0.323 e. The standard InChI is InChI=1S/C16H18F3N5OS/c17-16(18,19)13-4-2-12(3-5-13)10-23-6-1-7-24(9-8-23)15(25)21-14-22-20-11-26-14/h2-5,11H,1,6-10H2,(H,21,22,25). The average molecular weight is 385 g/mol. The van der Waals surface area contributed by atoms with Crippen LogP contribution >= 0.6 is 11.3 Å². The lowest BCUT2D eigenvalue weighted by atomic mass is 10.1. The highest BCUT2D eigenvalue weighted by atomic mass is 32.1. The minimum Gasteiger partial charge on any atom is -0.323 e. The lowest BCUT2D eigenvalue weighted by Gasteiger charge is -2.22. The Bertz CT molecular complexity index is 720. The van der Waals surface area contributed by atoms with E-state index in [4.69, 9.17) is 0 Å². The number of halogens is 3. The van der Waals surface area contributed by atoms with E-state index in [1.165, 1.54) is 23.5 Å². The number of nitrogens with zero attached hydrogens (tertiary/aromatic N) is 4. The van der Waals surface area contributed by atoms with E-state index in [1.807, 2.05) is 0 Å². The predicted molar refractivity (Wildman–Crippen MR) is 91.8 cm³/mol. The van der Waals surface area contributed by atoms with Gasteiger partial charge in [0.1, 0.15) is 5.51 Å². The molecule has 0 unspecified atom stereocenters. The van der Waals surface area contributed by atoms with Gasteiger partial charge in [0.2, 0.25) is 5.13 Å². The van der Waals surface area contributed by atoms with E-state index < -0.39 is 11.7 Å². The fourth-order valence-corrected chi connectivity index (χ4v) is 3.22. The summed E-state index contributed by atoms with van der Waals surface area (Å²) in [5.74, 6) is 0. The van der Waals surface area contributed by atoms with Crippen molar-refractivity contribution in [2.75, 3.05) is 31.5 Å². The molecule has 0 saturated carbocycles. The van der Waals surface area contributed by atoms with Crippen molar-refractivity contribution in [2.24, 2.45) is 0 Å².